The Morgan fingerprint density at radius 2 is 1.74 bits per heavy atom. The number of aromatic nitrogens is 2. The summed E-state index contributed by atoms with van der Waals surface area (Å²) in [5.41, 5.74) is 2.91. The topological polar surface area (TPSA) is 113 Å². The van der Waals surface area contributed by atoms with Crippen LogP contribution >= 0.6 is 0 Å². The maximum atomic E-state index is 12.9. The summed E-state index contributed by atoms with van der Waals surface area (Å²) in [5.74, 6) is 2.14. The summed E-state index contributed by atoms with van der Waals surface area (Å²) >= 11 is 0. The second-order valence-corrected chi connectivity index (χ2v) is 7.86. The number of aryl methyl sites for hydroxylation is 1. The summed E-state index contributed by atoms with van der Waals surface area (Å²) in [6.07, 6.45) is 0.547. The highest BCUT2D eigenvalue weighted by atomic mass is 16.5. The van der Waals surface area contributed by atoms with Crippen molar-refractivity contribution in [3.05, 3.63) is 42.1 Å². The van der Waals surface area contributed by atoms with Gasteiger partial charge >= 0.3 is 0 Å². The summed E-state index contributed by atoms with van der Waals surface area (Å²) in [7, 11) is 6.20. The first-order valence-electron chi connectivity index (χ1n) is 11.1. The molecule has 2 N–H and O–H groups in total. The van der Waals surface area contributed by atoms with Gasteiger partial charge in [-0.25, -0.2) is 4.68 Å². The Hall–Kier alpha value is -4.21. The first-order chi connectivity index (χ1) is 16.9. The van der Waals surface area contributed by atoms with Gasteiger partial charge < -0.3 is 29.6 Å². The van der Waals surface area contributed by atoms with Gasteiger partial charge in [-0.1, -0.05) is 13.0 Å². The number of fused-ring (bicyclic) bond motifs is 1. The second-order valence-electron chi connectivity index (χ2n) is 7.86. The summed E-state index contributed by atoms with van der Waals surface area (Å²) in [4.78, 5) is 25.7. The molecule has 0 saturated heterocycles. The molecule has 35 heavy (non-hydrogen) atoms. The van der Waals surface area contributed by atoms with Crippen molar-refractivity contribution in [3.8, 4) is 34.1 Å². The fourth-order valence-corrected chi connectivity index (χ4v) is 4.14. The van der Waals surface area contributed by atoms with E-state index in [1.54, 1.807) is 44.2 Å². The molecule has 0 aliphatic carbocycles. The van der Waals surface area contributed by atoms with Crippen LogP contribution < -0.4 is 29.6 Å². The van der Waals surface area contributed by atoms with Crippen molar-refractivity contribution in [1.82, 2.24) is 9.78 Å². The Kier molecular flexibility index (Phi) is 6.81. The molecule has 1 atom stereocenters. The number of rotatable bonds is 9. The SMILES string of the molecule is CCc1nn2c(c1-c1ccc(OC)c(OC)c1)NC(=O)C2CC(=O)Nc1ccc(OC)cc1OC. The molecule has 2 aromatic carbocycles. The van der Waals surface area contributed by atoms with Crippen LogP contribution in [-0.4, -0.2) is 50.0 Å². The number of carbonyl (C=O) groups is 2. The summed E-state index contributed by atoms with van der Waals surface area (Å²) in [6, 6.07) is 9.84. The Morgan fingerprint density at radius 1 is 1.00 bits per heavy atom. The predicted octanol–water partition coefficient (Wildman–Crippen LogP) is 3.67. The zero-order chi connectivity index (χ0) is 25.1. The summed E-state index contributed by atoms with van der Waals surface area (Å²) < 4.78 is 22.9. The third-order valence-electron chi connectivity index (χ3n) is 5.89. The number of benzene rings is 2. The average molecular weight is 481 g/mol. The Bertz CT molecular complexity index is 1270. The Balaban J connectivity index is 1.62. The van der Waals surface area contributed by atoms with E-state index in [1.807, 2.05) is 25.1 Å². The Labute approximate surface area is 203 Å². The maximum Gasteiger partial charge on any atom is 0.251 e. The van der Waals surface area contributed by atoms with Gasteiger partial charge in [0.1, 0.15) is 23.4 Å². The van der Waals surface area contributed by atoms with Crippen LogP contribution in [0.2, 0.25) is 0 Å². The fourth-order valence-electron chi connectivity index (χ4n) is 4.14. The molecule has 10 nitrogen and oxygen atoms in total. The summed E-state index contributed by atoms with van der Waals surface area (Å²) in [5, 5.41) is 10.4. The molecule has 1 unspecified atom stereocenters. The molecule has 0 bridgehead atoms. The monoisotopic (exact) mass is 480 g/mol. The van der Waals surface area contributed by atoms with Gasteiger partial charge in [-0.05, 0) is 36.2 Å². The fraction of sp³-hybridized carbons (Fsp3) is 0.320. The van der Waals surface area contributed by atoms with Crippen molar-refractivity contribution in [1.29, 1.82) is 0 Å². The second kappa shape index (κ2) is 9.96. The van der Waals surface area contributed by atoms with Gasteiger partial charge in [0.2, 0.25) is 5.91 Å². The maximum absolute atomic E-state index is 12.9. The molecule has 1 aliphatic rings. The van der Waals surface area contributed by atoms with Gasteiger partial charge in [-0.15, -0.1) is 0 Å². The molecule has 1 aliphatic heterocycles. The lowest BCUT2D eigenvalue weighted by Gasteiger charge is -2.13. The highest BCUT2D eigenvalue weighted by Crippen LogP contribution is 2.41. The van der Waals surface area contributed by atoms with Crippen LogP contribution in [0, 0.1) is 0 Å². The molecule has 0 radical (unpaired) electrons. The van der Waals surface area contributed by atoms with Crippen molar-refractivity contribution in [2.45, 2.75) is 25.8 Å². The van der Waals surface area contributed by atoms with E-state index >= 15 is 0 Å². The number of carbonyl (C=O) groups excluding carboxylic acids is 2. The van der Waals surface area contributed by atoms with Gasteiger partial charge in [0.25, 0.3) is 5.91 Å². The minimum Gasteiger partial charge on any atom is -0.497 e. The van der Waals surface area contributed by atoms with E-state index in [1.165, 1.54) is 7.11 Å². The van der Waals surface area contributed by atoms with E-state index in [4.69, 9.17) is 18.9 Å². The molecular weight excluding hydrogens is 452 g/mol. The minimum atomic E-state index is -0.784. The summed E-state index contributed by atoms with van der Waals surface area (Å²) in [6.45, 7) is 1.99. The van der Waals surface area contributed by atoms with E-state index in [9.17, 15) is 9.59 Å². The molecule has 2 amide bonds. The molecule has 0 spiro atoms. The largest absolute Gasteiger partial charge is 0.497 e. The van der Waals surface area contributed by atoms with E-state index in [0.717, 1.165) is 16.8 Å². The lowest BCUT2D eigenvalue weighted by molar-refractivity contribution is -0.123. The van der Waals surface area contributed by atoms with Crippen LogP contribution in [0.5, 0.6) is 23.0 Å². The molecule has 4 rings (SSSR count). The molecule has 0 fully saturated rings. The Morgan fingerprint density at radius 3 is 2.40 bits per heavy atom. The number of nitrogens with one attached hydrogen (secondary N) is 2. The number of hydrogen-bond acceptors (Lipinski definition) is 7. The van der Waals surface area contributed by atoms with Gasteiger partial charge in [-0.2, -0.15) is 5.10 Å². The molecule has 3 aromatic rings. The zero-order valence-electron chi connectivity index (χ0n) is 20.3. The molecule has 1 aromatic heterocycles. The third kappa shape index (κ3) is 4.46. The van der Waals surface area contributed by atoms with Crippen molar-refractivity contribution >= 4 is 23.3 Å². The van der Waals surface area contributed by atoms with Crippen molar-refractivity contribution in [2.24, 2.45) is 0 Å². The van der Waals surface area contributed by atoms with Crippen molar-refractivity contribution < 1.29 is 28.5 Å². The van der Waals surface area contributed by atoms with Crippen LogP contribution in [-0.2, 0) is 16.0 Å². The van der Waals surface area contributed by atoms with Gasteiger partial charge in [0.15, 0.2) is 11.5 Å². The van der Waals surface area contributed by atoms with E-state index in [0.29, 0.717) is 40.9 Å². The lowest BCUT2D eigenvalue weighted by atomic mass is 10.0. The minimum absolute atomic E-state index is 0.0930. The van der Waals surface area contributed by atoms with E-state index in [-0.39, 0.29) is 18.2 Å². The van der Waals surface area contributed by atoms with Gasteiger partial charge in [-0.3, -0.25) is 9.59 Å². The number of nitrogens with zero attached hydrogens (tertiary/aromatic N) is 2. The highest BCUT2D eigenvalue weighted by Gasteiger charge is 2.37. The average Bonchev–Trinajstić information content (AvgIpc) is 3.38. The first-order valence-corrected chi connectivity index (χ1v) is 11.1. The molecule has 184 valence electrons. The number of amides is 2. The standard InChI is InChI=1S/C25H28N4O6/c1-6-16-23(14-7-10-19(33-3)21(11-14)35-5)24-27-25(31)18(29(24)28-16)13-22(30)26-17-9-8-15(32-2)12-20(17)34-4/h7-12,18H,6,13H2,1-5H3,(H,26,30)(H,27,31). The zero-order valence-corrected chi connectivity index (χ0v) is 20.3. The van der Waals surface area contributed by atoms with Gasteiger partial charge in [0.05, 0.1) is 46.2 Å². The van der Waals surface area contributed by atoms with Crippen LogP contribution in [0.25, 0.3) is 11.1 Å². The van der Waals surface area contributed by atoms with Crippen LogP contribution in [0.15, 0.2) is 36.4 Å². The first kappa shape index (κ1) is 23.9. The quantitative estimate of drug-likeness (QED) is 0.480. The third-order valence-corrected chi connectivity index (χ3v) is 5.89. The molecule has 2 heterocycles. The van der Waals surface area contributed by atoms with Crippen molar-refractivity contribution in [3.63, 3.8) is 0 Å². The van der Waals surface area contributed by atoms with E-state index in [2.05, 4.69) is 15.7 Å². The van der Waals surface area contributed by atoms with E-state index < -0.39 is 6.04 Å². The highest BCUT2D eigenvalue weighted by molar-refractivity contribution is 6.04. The van der Waals surface area contributed by atoms with Crippen molar-refractivity contribution in [2.75, 3.05) is 39.1 Å². The smallest absolute Gasteiger partial charge is 0.251 e. The van der Waals surface area contributed by atoms with Crippen LogP contribution in [0.4, 0.5) is 11.5 Å². The number of methoxy groups -OCH3 is 4. The van der Waals surface area contributed by atoms with Gasteiger partial charge in [0, 0.05) is 11.6 Å². The van der Waals surface area contributed by atoms with Crippen LogP contribution in [0.3, 0.4) is 0 Å². The number of ether oxygens (including phenoxy) is 4. The lowest BCUT2D eigenvalue weighted by Crippen LogP contribution is -2.24. The molecule has 0 saturated carbocycles. The molecule has 10 heteroatoms. The van der Waals surface area contributed by atoms with Crippen LogP contribution in [0.1, 0.15) is 25.1 Å². The number of hydrogen-bond donors (Lipinski definition) is 2. The predicted molar refractivity (Wildman–Crippen MR) is 131 cm³/mol. The normalized spacial score (nSPS) is 14.2. The number of anilines is 2. The molecular formula is C25H28N4O6.